The molecule has 0 saturated heterocycles. The van der Waals surface area contributed by atoms with Gasteiger partial charge >= 0.3 is 0 Å². The first-order valence-electron chi connectivity index (χ1n) is 18.4. The smallest absolute Gasteiger partial charge is 0.0725 e. The molecule has 0 amide bonds. The van der Waals surface area contributed by atoms with Crippen molar-refractivity contribution in [3.63, 3.8) is 0 Å². The van der Waals surface area contributed by atoms with E-state index >= 15 is 0 Å². The zero-order valence-corrected chi connectivity index (χ0v) is 28.9. The number of benzene rings is 8. The molecule has 0 N–H and O–H groups in total. The van der Waals surface area contributed by atoms with Gasteiger partial charge in [-0.2, -0.15) is 0 Å². The summed E-state index contributed by atoms with van der Waals surface area (Å²) in [5.74, 6) is 0. The Balaban J connectivity index is 1.03. The van der Waals surface area contributed by atoms with Crippen LogP contribution in [-0.2, 0) is 5.41 Å². The molecule has 0 aliphatic heterocycles. The van der Waals surface area contributed by atoms with E-state index in [2.05, 4.69) is 203 Å². The lowest BCUT2D eigenvalue weighted by Crippen LogP contribution is -2.25. The minimum Gasteiger partial charge on any atom is -0.316 e. The second-order valence-corrected chi connectivity index (χ2v) is 14.5. The van der Waals surface area contributed by atoms with E-state index in [0.717, 1.165) is 11.4 Å². The van der Waals surface area contributed by atoms with E-state index in [9.17, 15) is 0 Å². The maximum absolute atomic E-state index is 2.47. The molecule has 0 radical (unpaired) electrons. The first-order valence-corrected chi connectivity index (χ1v) is 18.4. The van der Waals surface area contributed by atoms with Crippen molar-refractivity contribution in [1.29, 1.82) is 0 Å². The molecule has 2 aliphatic carbocycles. The van der Waals surface area contributed by atoms with E-state index in [1.807, 2.05) is 0 Å². The summed E-state index contributed by atoms with van der Waals surface area (Å²) >= 11 is 0. The lowest BCUT2D eigenvalue weighted by atomic mass is 9.70. The van der Waals surface area contributed by atoms with Crippen molar-refractivity contribution in [1.82, 2.24) is 9.13 Å². The summed E-state index contributed by atoms with van der Waals surface area (Å²) in [5, 5.41) is 3.77. The van der Waals surface area contributed by atoms with E-state index in [1.165, 1.54) is 88.3 Å². The van der Waals surface area contributed by atoms with Gasteiger partial charge in [-0.05, 0) is 110 Å². The molecule has 12 rings (SSSR count). The van der Waals surface area contributed by atoms with Crippen molar-refractivity contribution in [3.05, 3.63) is 217 Å². The van der Waals surface area contributed by atoms with E-state index < -0.39 is 0 Å². The van der Waals surface area contributed by atoms with Gasteiger partial charge in [-0.3, -0.25) is 0 Å². The van der Waals surface area contributed by atoms with Crippen molar-refractivity contribution in [2.45, 2.75) is 5.41 Å². The standard InChI is InChI=1S/C51H32N2/c1-2-12-36(13-3-1)52-29-28-35-30-43-42-17-7-11-21-48(42)53(50(43)32-49(35)52)37-25-22-33(23-26-37)34-24-27-41-40-16-6-10-20-46(40)51(47(41)31-34)44-18-8-4-14-38(44)39-15-5-9-19-45(39)51/h1-32H. The molecule has 0 bridgehead atoms. The van der Waals surface area contributed by atoms with Crippen molar-refractivity contribution >= 4 is 32.7 Å². The SMILES string of the molecule is c1ccc(-n2ccc3cc4c5ccccc5n(-c5ccc(-c6ccc7c(c6)C6(c8ccccc8-c8ccccc86)c6ccccc6-7)cc5)c4cc32)cc1. The number of fused-ring (bicyclic) bond motifs is 14. The molecule has 0 unspecified atom stereocenters. The Morgan fingerprint density at radius 3 is 1.62 bits per heavy atom. The summed E-state index contributed by atoms with van der Waals surface area (Å²) in [6, 6.07) is 69.7. The quantitative estimate of drug-likeness (QED) is 0.177. The fourth-order valence-electron chi connectivity index (χ4n) is 9.77. The molecule has 0 saturated carbocycles. The van der Waals surface area contributed by atoms with Gasteiger partial charge in [0, 0.05) is 33.7 Å². The van der Waals surface area contributed by atoms with Crippen LogP contribution in [0.15, 0.2) is 194 Å². The Kier molecular flexibility index (Phi) is 5.73. The fourth-order valence-corrected chi connectivity index (χ4v) is 9.77. The molecule has 0 fully saturated rings. The molecular formula is C51H32N2. The Labute approximate surface area is 307 Å². The normalized spacial score (nSPS) is 13.4. The van der Waals surface area contributed by atoms with Crippen molar-refractivity contribution in [3.8, 4) is 44.8 Å². The summed E-state index contributed by atoms with van der Waals surface area (Å²) in [7, 11) is 0. The largest absolute Gasteiger partial charge is 0.316 e. The summed E-state index contributed by atoms with van der Waals surface area (Å²) < 4.78 is 4.72. The summed E-state index contributed by atoms with van der Waals surface area (Å²) in [4.78, 5) is 0. The van der Waals surface area contributed by atoms with Gasteiger partial charge in [-0.25, -0.2) is 0 Å². The second-order valence-electron chi connectivity index (χ2n) is 14.5. The van der Waals surface area contributed by atoms with Crippen LogP contribution in [-0.4, -0.2) is 9.13 Å². The van der Waals surface area contributed by atoms with E-state index in [0.29, 0.717) is 0 Å². The Morgan fingerprint density at radius 2 is 0.925 bits per heavy atom. The Morgan fingerprint density at radius 1 is 0.340 bits per heavy atom. The molecule has 0 atom stereocenters. The first-order chi connectivity index (χ1) is 26.3. The lowest BCUT2D eigenvalue weighted by Gasteiger charge is -2.30. The average molecular weight is 673 g/mol. The van der Waals surface area contributed by atoms with E-state index in [1.54, 1.807) is 0 Å². The molecule has 2 aromatic heterocycles. The third kappa shape index (κ3) is 3.77. The minimum absolute atomic E-state index is 0.346. The lowest BCUT2D eigenvalue weighted by molar-refractivity contribution is 0.794. The topological polar surface area (TPSA) is 9.86 Å². The maximum Gasteiger partial charge on any atom is 0.0725 e. The van der Waals surface area contributed by atoms with Crippen LogP contribution in [0.5, 0.6) is 0 Å². The number of para-hydroxylation sites is 2. The molecule has 53 heavy (non-hydrogen) atoms. The van der Waals surface area contributed by atoms with E-state index in [-0.39, 0.29) is 5.41 Å². The molecule has 246 valence electrons. The second kappa shape index (κ2) is 10.6. The molecule has 10 aromatic rings. The number of hydrogen-bond acceptors (Lipinski definition) is 0. The number of aromatic nitrogens is 2. The first kappa shape index (κ1) is 28.8. The van der Waals surface area contributed by atoms with Crippen LogP contribution in [0, 0.1) is 0 Å². The minimum atomic E-state index is -0.346. The highest BCUT2D eigenvalue weighted by atomic mass is 15.0. The van der Waals surface area contributed by atoms with Gasteiger partial charge in [0.25, 0.3) is 0 Å². The summed E-state index contributed by atoms with van der Waals surface area (Å²) in [6.45, 7) is 0. The molecule has 8 aromatic carbocycles. The third-order valence-corrected chi connectivity index (χ3v) is 12.0. The third-order valence-electron chi connectivity index (χ3n) is 12.0. The number of hydrogen-bond donors (Lipinski definition) is 0. The number of nitrogens with zero attached hydrogens (tertiary/aromatic N) is 2. The van der Waals surface area contributed by atoms with E-state index in [4.69, 9.17) is 0 Å². The number of rotatable bonds is 3. The summed E-state index contributed by atoms with van der Waals surface area (Å²) in [6.07, 6.45) is 2.18. The van der Waals surface area contributed by atoms with Crippen LogP contribution in [0.25, 0.3) is 77.5 Å². The average Bonchev–Trinajstić information content (AvgIpc) is 3.96. The van der Waals surface area contributed by atoms with Crippen LogP contribution in [0.1, 0.15) is 22.3 Å². The molecule has 2 heteroatoms. The van der Waals surface area contributed by atoms with Crippen LogP contribution < -0.4 is 0 Å². The van der Waals surface area contributed by atoms with Gasteiger partial charge in [-0.1, -0.05) is 133 Å². The van der Waals surface area contributed by atoms with Gasteiger partial charge in [0.2, 0.25) is 0 Å². The highest BCUT2D eigenvalue weighted by Gasteiger charge is 2.51. The Bertz CT molecular complexity index is 3040. The van der Waals surface area contributed by atoms with Crippen molar-refractivity contribution < 1.29 is 0 Å². The van der Waals surface area contributed by atoms with Crippen LogP contribution in [0.2, 0.25) is 0 Å². The van der Waals surface area contributed by atoms with Gasteiger partial charge in [-0.15, -0.1) is 0 Å². The molecule has 2 nitrogen and oxygen atoms in total. The molecule has 2 heterocycles. The predicted octanol–water partition coefficient (Wildman–Crippen LogP) is 12.7. The molecular weight excluding hydrogens is 641 g/mol. The van der Waals surface area contributed by atoms with Crippen molar-refractivity contribution in [2.24, 2.45) is 0 Å². The van der Waals surface area contributed by atoms with Gasteiger partial charge < -0.3 is 9.13 Å². The Hall–Kier alpha value is -6.90. The van der Waals surface area contributed by atoms with Gasteiger partial charge in [0.15, 0.2) is 0 Å². The van der Waals surface area contributed by atoms with Crippen LogP contribution in [0.4, 0.5) is 0 Å². The van der Waals surface area contributed by atoms with Gasteiger partial charge in [0.05, 0.1) is 22.0 Å². The summed E-state index contributed by atoms with van der Waals surface area (Å²) in [5.41, 5.74) is 18.8. The van der Waals surface area contributed by atoms with Crippen LogP contribution >= 0.6 is 0 Å². The molecule has 2 aliphatic rings. The highest BCUT2D eigenvalue weighted by Crippen LogP contribution is 2.63. The van der Waals surface area contributed by atoms with Crippen molar-refractivity contribution in [2.75, 3.05) is 0 Å². The maximum atomic E-state index is 2.47. The zero-order chi connectivity index (χ0) is 34.7. The van der Waals surface area contributed by atoms with Gasteiger partial charge in [0.1, 0.15) is 0 Å². The predicted molar refractivity (Wildman–Crippen MR) is 219 cm³/mol. The molecule has 1 spiro atoms. The highest BCUT2D eigenvalue weighted by molar-refractivity contribution is 6.13. The zero-order valence-electron chi connectivity index (χ0n) is 28.9. The van der Waals surface area contributed by atoms with Crippen LogP contribution in [0.3, 0.4) is 0 Å². The monoisotopic (exact) mass is 672 g/mol. The fraction of sp³-hybridized carbons (Fsp3) is 0.0196.